The Morgan fingerprint density at radius 3 is 2.44 bits per heavy atom. The van der Waals surface area contributed by atoms with Gasteiger partial charge in [-0.2, -0.15) is 0 Å². The second-order valence-corrected chi connectivity index (χ2v) is 5.34. The average molecular weight is 258 g/mol. The Balaban J connectivity index is 0.00000103. The largest absolute Gasteiger partial charge is 0.381 e. The lowest BCUT2D eigenvalue weighted by atomic mass is 9.77. The number of piperidine rings is 1. The molecule has 0 aromatic heterocycles. The molecule has 2 fully saturated rings. The Labute approximate surface area is 112 Å². The predicted molar refractivity (Wildman–Crippen MR) is 75.4 cm³/mol. The van der Waals surface area contributed by atoms with Crippen LogP contribution >= 0.6 is 0 Å². The number of hydrogen-bond acceptors (Lipinski definition) is 3. The number of hydrogen-bond donors (Lipinski definition) is 1. The smallest absolute Gasteiger partial charge is 0.231 e. The highest BCUT2D eigenvalue weighted by Crippen LogP contribution is 2.46. The minimum absolute atomic E-state index is 0. The van der Waals surface area contributed by atoms with Crippen LogP contribution in [0.5, 0.6) is 0 Å². The molecule has 0 aromatic rings. The Kier molecular flexibility index (Phi) is 6.09. The maximum Gasteiger partial charge on any atom is 0.231 e. The van der Waals surface area contributed by atoms with Gasteiger partial charge < -0.3 is 10.5 Å². The van der Waals surface area contributed by atoms with E-state index in [0.717, 1.165) is 13.1 Å². The zero-order valence-electron chi connectivity index (χ0n) is 12.1. The number of rotatable bonds is 3. The van der Waals surface area contributed by atoms with Gasteiger partial charge >= 0.3 is 0 Å². The van der Waals surface area contributed by atoms with Gasteiger partial charge in [0.15, 0.2) is 0 Å². The molecule has 1 spiro atoms. The molecule has 1 atom stereocenters. The second kappa shape index (κ2) is 7.10. The minimum atomic E-state index is -0.211. The van der Waals surface area contributed by atoms with Gasteiger partial charge in [0.1, 0.15) is 0 Å². The van der Waals surface area contributed by atoms with Crippen molar-refractivity contribution in [3.63, 3.8) is 0 Å². The molecule has 0 aromatic carbocycles. The lowest BCUT2D eigenvalue weighted by molar-refractivity contribution is -0.119. The monoisotopic (exact) mass is 258 g/mol. The van der Waals surface area contributed by atoms with Gasteiger partial charge in [-0.25, -0.2) is 0 Å². The zero-order valence-corrected chi connectivity index (χ0v) is 12.1. The number of carbonyl (C=O) groups is 1. The van der Waals surface area contributed by atoms with E-state index in [1.54, 1.807) is 0 Å². The van der Waals surface area contributed by atoms with Gasteiger partial charge in [0, 0.05) is 8.54 Å². The summed E-state index contributed by atoms with van der Waals surface area (Å²) in [5.41, 5.74) is 5.71. The van der Waals surface area contributed by atoms with Crippen molar-refractivity contribution in [1.82, 2.24) is 4.90 Å². The standard InChI is InChI=1S/C12H22N2O2.C2H6.H2/c1-16-10-2-3-12(8-10)4-6-14(7-5-12)9-11(13)15;1-2;/h10H,2-9H2,1H3,(H2,13,15);1-2H3;1H. The van der Waals surface area contributed by atoms with Gasteiger partial charge in [-0.3, -0.25) is 9.69 Å². The molecular weight excluding hydrogens is 228 g/mol. The highest BCUT2D eigenvalue weighted by atomic mass is 16.5. The number of methoxy groups -OCH3 is 1. The first-order chi connectivity index (χ1) is 8.63. The topological polar surface area (TPSA) is 55.6 Å². The molecule has 1 heterocycles. The van der Waals surface area contributed by atoms with Crippen molar-refractivity contribution in [3.8, 4) is 0 Å². The predicted octanol–water partition coefficient (Wildman–Crippen LogP) is 2.02. The number of nitrogens with zero attached hydrogens (tertiary/aromatic N) is 1. The molecule has 0 bridgehead atoms. The van der Waals surface area contributed by atoms with E-state index >= 15 is 0 Å². The molecule has 1 unspecified atom stereocenters. The van der Waals surface area contributed by atoms with E-state index in [1.807, 2.05) is 21.0 Å². The second-order valence-electron chi connectivity index (χ2n) is 5.34. The molecule has 1 saturated heterocycles. The molecule has 1 aliphatic heterocycles. The summed E-state index contributed by atoms with van der Waals surface area (Å²) in [6, 6.07) is 0. The van der Waals surface area contributed by atoms with Gasteiger partial charge in [0.2, 0.25) is 5.91 Å². The average Bonchev–Trinajstić information content (AvgIpc) is 2.78. The number of amides is 1. The van der Waals surface area contributed by atoms with E-state index in [1.165, 1.54) is 32.1 Å². The molecule has 2 N–H and O–H groups in total. The van der Waals surface area contributed by atoms with Crippen LogP contribution in [-0.4, -0.2) is 43.7 Å². The molecule has 2 aliphatic rings. The summed E-state index contributed by atoms with van der Waals surface area (Å²) in [5.74, 6) is -0.211. The van der Waals surface area contributed by atoms with Crippen molar-refractivity contribution in [2.24, 2.45) is 11.1 Å². The Morgan fingerprint density at radius 1 is 1.39 bits per heavy atom. The van der Waals surface area contributed by atoms with Crippen molar-refractivity contribution in [1.29, 1.82) is 0 Å². The van der Waals surface area contributed by atoms with Crippen LogP contribution < -0.4 is 5.73 Å². The molecule has 108 valence electrons. The van der Waals surface area contributed by atoms with Gasteiger partial charge in [-0.1, -0.05) is 13.8 Å². The lowest BCUT2D eigenvalue weighted by Crippen LogP contribution is -2.43. The molecule has 18 heavy (non-hydrogen) atoms. The third kappa shape index (κ3) is 3.95. The SMILES string of the molecule is CC.COC1CCC2(CCN(CC(N)=O)CC2)C1.[HH]. The van der Waals surface area contributed by atoms with Crippen LogP contribution in [0.2, 0.25) is 0 Å². The first-order valence-corrected chi connectivity index (χ1v) is 7.17. The molecular formula is C14H30N2O2. The maximum atomic E-state index is 10.8. The molecule has 4 heteroatoms. The Morgan fingerprint density at radius 2 is 2.00 bits per heavy atom. The van der Waals surface area contributed by atoms with Crippen molar-refractivity contribution < 1.29 is 11.0 Å². The fourth-order valence-electron chi connectivity index (χ4n) is 3.22. The summed E-state index contributed by atoms with van der Waals surface area (Å²) >= 11 is 0. The van der Waals surface area contributed by atoms with Gasteiger partial charge in [0.25, 0.3) is 0 Å². The van der Waals surface area contributed by atoms with E-state index in [-0.39, 0.29) is 7.33 Å². The van der Waals surface area contributed by atoms with E-state index in [9.17, 15) is 4.79 Å². The zero-order chi connectivity index (χ0) is 13.6. The summed E-state index contributed by atoms with van der Waals surface area (Å²) in [6.07, 6.45) is 6.54. The van der Waals surface area contributed by atoms with Crippen molar-refractivity contribution in [2.75, 3.05) is 26.7 Å². The van der Waals surface area contributed by atoms with E-state index in [4.69, 9.17) is 10.5 Å². The molecule has 1 saturated carbocycles. The van der Waals surface area contributed by atoms with E-state index in [2.05, 4.69) is 4.90 Å². The highest BCUT2D eigenvalue weighted by Gasteiger charge is 2.41. The third-order valence-corrected chi connectivity index (χ3v) is 4.29. The number of ether oxygens (including phenoxy) is 1. The first-order valence-electron chi connectivity index (χ1n) is 7.17. The lowest BCUT2D eigenvalue weighted by Gasteiger charge is -2.39. The maximum absolute atomic E-state index is 10.8. The summed E-state index contributed by atoms with van der Waals surface area (Å²) in [7, 11) is 1.81. The van der Waals surface area contributed by atoms with Crippen LogP contribution in [0.15, 0.2) is 0 Å². The van der Waals surface area contributed by atoms with Crippen LogP contribution in [0.1, 0.15) is 47.4 Å². The first kappa shape index (κ1) is 15.4. The van der Waals surface area contributed by atoms with Crippen LogP contribution in [-0.2, 0) is 9.53 Å². The summed E-state index contributed by atoms with van der Waals surface area (Å²) < 4.78 is 5.44. The van der Waals surface area contributed by atoms with Crippen LogP contribution in [0.3, 0.4) is 0 Å². The van der Waals surface area contributed by atoms with E-state index < -0.39 is 0 Å². The van der Waals surface area contributed by atoms with Crippen molar-refractivity contribution in [3.05, 3.63) is 0 Å². The van der Waals surface area contributed by atoms with Gasteiger partial charge in [-0.15, -0.1) is 0 Å². The summed E-state index contributed by atoms with van der Waals surface area (Å²) in [4.78, 5) is 13.0. The van der Waals surface area contributed by atoms with Crippen LogP contribution in [0, 0.1) is 5.41 Å². The quantitative estimate of drug-likeness (QED) is 0.842. The number of likely N-dealkylation sites (tertiary alicyclic amines) is 1. The van der Waals surface area contributed by atoms with Gasteiger partial charge in [-0.05, 0) is 50.6 Å². The van der Waals surface area contributed by atoms with Crippen LogP contribution in [0.25, 0.3) is 0 Å². The van der Waals surface area contributed by atoms with Crippen molar-refractivity contribution in [2.45, 2.75) is 52.1 Å². The highest BCUT2D eigenvalue weighted by molar-refractivity contribution is 5.75. The molecule has 2 rings (SSSR count). The normalized spacial score (nSPS) is 26.7. The molecule has 1 amide bonds. The Hall–Kier alpha value is -0.610. The van der Waals surface area contributed by atoms with E-state index in [0.29, 0.717) is 18.1 Å². The van der Waals surface area contributed by atoms with Crippen LogP contribution in [0.4, 0.5) is 0 Å². The molecule has 1 aliphatic carbocycles. The molecule has 0 radical (unpaired) electrons. The number of carbonyl (C=O) groups excluding carboxylic acids is 1. The minimum Gasteiger partial charge on any atom is -0.381 e. The third-order valence-electron chi connectivity index (χ3n) is 4.29. The Bertz CT molecular complexity index is 266. The van der Waals surface area contributed by atoms with Crippen molar-refractivity contribution >= 4 is 5.91 Å². The fourth-order valence-corrected chi connectivity index (χ4v) is 3.22. The molecule has 4 nitrogen and oxygen atoms in total. The number of nitrogens with two attached hydrogens (primary N) is 1. The fraction of sp³-hybridized carbons (Fsp3) is 0.929. The van der Waals surface area contributed by atoms with Gasteiger partial charge in [0.05, 0.1) is 12.6 Å². The summed E-state index contributed by atoms with van der Waals surface area (Å²) in [6.45, 7) is 6.45. The number of primary amides is 1. The summed E-state index contributed by atoms with van der Waals surface area (Å²) in [5, 5.41) is 0.